The summed E-state index contributed by atoms with van der Waals surface area (Å²) >= 11 is 0. The van der Waals surface area contributed by atoms with E-state index < -0.39 is 26.0 Å². The third-order valence-electron chi connectivity index (χ3n) is 5.77. The summed E-state index contributed by atoms with van der Waals surface area (Å²) in [4.78, 5) is 12.6. The van der Waals surface area contributed by atoms with Crippen LogP contribution in [0.1, 0.15) is 36.0 Å². The maximum Gasteiger partial charge on any atom is 0.261 e. The van der Waals surface area contributed by atoms with E-state index in [1.807, 2.05) is 0 Å². The Hall–Kier alpha value is -2.47. The van der Waals surface area contributed by atoms with Crippen LogP contribution in [0.4, 0.5) is 5.69 Å². The van der Waals surface area contributed by atoms with Gasteiger partial charge in [-0.05, 0) is 62.1 Å². The van der Waals surface area contributed by atoms with E-state index in [1.54, 1.807) is 12.1 Å². The molecule has 0 aliphatic carbocycles. The number of nitrogens with zero attached hydrogens (tertiary/aromatic N) is 1. The summed E-state index contributed by atoms with van der Waals surface area (Å²) in [5, 5.41) is 2.79. The monoisotopic (exact) mass is 493 g/mol. The van der Waals surface area contributed by atoms with Crippen molar-refractivity contribution < 1.29 is 26.4 Å². The summed E-state index contributed by atoms with van der Waals surface area (Å²) < 4.78 is 60.6. The van der Waals surface area contributed by atoms with E-state index in [1.165, 1.54) is 40.7 Å². The fourth-order valence-corrected chi connectivity index (χ4v) is 6.55. The van der Waals surface area contributed by atoms with Crippen LogP contribution in [-0.2, 0) is 24.8 Å². The SMILES string of the molecule is O=C(NCC1CCCO1)c1ccccc1NS(=O)(=O)c1ccc(S(=O)(=O)N2CCCC2)cc1. The van der Waals surface area contributed by atoms with Crippen LogP contribution in [0, 0.1) is 0 Å². The molecule has 178 valence electrons. The number of hydrogen-bond acceptors (Lipinski definition) is 6. The fourth-order valence-electron chi connectivity index (χ4n) is 3.95. The van der Waals surface area contributed by atoms with Crippen molar-refractivity contribution >= 4 is 31.6 Å². The predicted molar refractivity (Wildman–Crippen MR) is 123 cm³/mol. The van der Waals surface area contributed by atoms with Crippen molar-refractivity contribution in [3.05, 3.63) is 54.1 Å². The van der Waals surface area contributed by atoms with Gasteiger partial charge in [0.2, 0.25) is 10.0 Å². The van der Waals surface area contributed by atoms with Crippen molar-refractivity contribution in [2.45, 2.75) is 41.6 Å². The van der Waals surface area contributed by atoms with E-state index in [0.29, 0.717) is 26.2 Å². The molecule has 2 N–H and O–H groups in total. The molecule has 0 spiro atoms. The van der Waals surface area contributed by atoms with Gasteiger partial charge >= 0.3 is 0 Å². The lowest BCUT2D eigenvalue weighted by atomic mass is 10.1. The van der Waals surface area contributed by atoms with Crippen LogP contribution in [0.15, 0.2) is 58.3 Å². The first-order valence-corrected chi connectivity index (χ1v) is 13.8. The molecule has 2 aliphatic rings. The summed E-state index contributed by atoms with van der Waals surface area (Å²) in [6, 6.07) is 11.4. The normalized spacial score (nSPS) is 19.5. The standard InChI is InChI=1S/C22H27N3O6S2/c26-22(23-16-17-6-5-15-31-17)20-7-1-2-8-21(20)24-32(27,28)18-9-11-19(12-10-18)33(29,30)25-13-3-4-14-25/h1-2,7-12,17,24H,3-6,13-16H2,(H,23,26). The van der Waals surface area contributed by atoms with Gasteiger partial charge in [-0.1, -0.05) is 12.1 Å². The molecule has 2 heterocycles. The van der Waals surface area contributed by atoms with Crippen LogP contribution in [-0.4, -0.2) is 59.4 Å². The van der Waals surface area contributed by atoms with Crippen LogP contribution in [0.25, 0.3) is 0 Å². The number of benzene rings is 2. The van der Waals surface area contributed by atoms with E-state index in [0.717, 1.165) is 25.7 Å². The van der Waals surface area contributed by atoms with Crippen molar-refractivity contribution in [1.82, 2.24) is 9.62 Å². The van der Waals surface area contributed by atoms with Crippen molar-refractivity contribution in [3.8, 4) is 0 Å². The second-order valence-corrected chi connectivity index (χ2v) is 11.7. The highest BCUT2D eigenvalue weighted by atomic mass is 32.2. The number of anilines is 1. The van der Waals surface area contributed by atoms with Crippen LogP contribution in [0.2, 0.25) is 0 Å². The van der Waals surface area contributed by atoms with Gasteiger partial charge in [0.05, 0.1) is 27.1 Å². The number of carbonyl (C=O) groups is 1. The molecule has 4 rings (SSSR count). The number of sulfonamides is 2. The van der Waals surface area contributed by atoms with Gasteiger partial charge in [0.25, 0.3) is 15.9 Å². The van der Waals surface area contributed by atoms with Gasteiger partial charge in [-0.25, -0.2) is 16.8 Å². The highest BCUT2D eigenvalue weighted by Crippen LogP contribution is 2.24. The third kappa shape index (κ3) is 5.37. The van der Waals surface area contributed by atoms with E-state index in [2.05, 4.69) is 10.0 Å². The Labute approximate surface area is 194 Å². The number of carbonyl (C=O) groups excluding carboxylic acids is 1. The molecular formula is C22H27N3O6S2. The third-order valence-corrected chi connectivity index (χ3v) is 9.06. The molecule has 11 heteroatoms. The lowest BCUT2D eigenvalue weighted by Crippen LogP contribution is -2.32. The maximum atomic E-state index is 12.9. The zero-order chi connectivity index (χ0) is 23.5. The molecule has 1 unspecified atom stereocenters. The zero-order valence-corrected chi connectivity index (χ0v) is 19.7. The molecule has 2 fully saturated rings. The van der Waals surface area contributed by atoms with Gasteiger partial charge in [-0.3, -0.25) is 9.52 Å². The Bertz CT molecular complexity index is 1200. The quantitative estimate of drug-likeness (QED) is 0.581. The molecule has 2 aromatic rings. The molecule has 1 atom stereocenters. The fraction of sp³-hybridized carbons (Fsp3) is 0.409. The number of nitrogens with one attached hydrogen (secondary N) is 2. The number of hydrogen-bond donors (Lipinski definition) is 2. The van der Waals surface area contributed by atoms with Gasteiger partial charge in [-0.2, -0.15) is 4.31 Å². The average Bonchev–Trinajstić information content (AvgIpc) is 3.52. The Kier molecular flexibility index (Phi) is 7.03. The highest BCUT2D eigenvalue weighted by Gasteiger charge is 2.28. The minimum Gasteiger partial charge on any atom is -0.376 e. The Morgan fingerprint density at radius 2 is 1.61 bits per heavy atom. The molecule has 2 saturated heterocycles. The number of para-hydroxylation sites is 1. The summed E-state index contributed by atoms with van der Waals surface area (Å²) in [6.07, 6.45) is 3.42. The first-order chi connectivity index (χ1) is 15.8. The van der Waals surface area contributed by atoms with Gasteiger partial charge in [0.15, 0.2) is 0 Å². The molecule has 0 aromatic heterocycles. The molecule has 0 bridgehead atoms. The molecule has 0 radical (unpaired) electrons. The Morgan fingerprint density at radius 1 is 0.939 bits per heavy atom. The van der Waals surface area contributed by atoms with Gasteiger partial charge in [-0.15, -0.1) is 0 Å². The van der Waals surface area contributed by atoms with Gasteiger partial charge in [0, 0.05) is 26.2 Å². The van der Waals surface area contributed by atoms with Crippen molar-refractivity contribution in [2.24, 2.45) is 0 Å². The largest absolute Gasteiger partial charge is 0.376 e. The summed E-state index contributed by atoms with van der Waals surface area (Å²) in [5.41, 5.74) is 0.323. The lowest BCUT2D eigenvalue weighted by molar-refractivity contribution is 0.0858. The Morgan fingerprint density at radius 3 is 2.27 bits per heavy atom. The Balaban J connectivity index is 1.49. The van der Waals surface area contributed by atoms with Crippen molar-refractivity contribution in [1.29, 1.82) is 0 Å². The number of ether oxygens (including phenoxy) is 1. The zero-order valence-electron chi connectivity index (χ0n) is 18.1. The maximum absolute atomic E-state index is 12.9. The molecule has 2 aromatic carbocycles. The van der Waals surface area contributed by atoms with E-state index in [9.17, 15) is 21.6 Å². The molecule has 9 nitrogen and oxygen atoms in total. The molecule has 2 aliphatic heterocycles. The van der Waals surface area contributed by atoms with Crippen LogP contribution in [0.3, 0.4) is 0 Å². The first-order valence-electron chi connectivity index (χ1n) is 10.9. The predicted octanol–water partition coefficient (Wildman–Crippen LogP) is 2.18. The smallest absolute Gasteiger partial charge is 0.261 e. The first kappa shape index (κ1) is 23.7. The minimum absolute atomic E-state index is 0.0341. The number of amides is 1. The summed E-state index contributed by atoms with van der Waals surface area (Å²) in [7, 11) is -7.68. The topological polar surface area (TPSA) is 122 Å². The van der Waals surface area contributed by atoms with E-state index in [4.69, 9.17) is 4.74 Å². The average molecular weight is 494 g/mol. The van der Waals surface area contributed by atoms with E-state index >= 15 is 0 Å². The summed E-state index contributed by atoms with van der Waals surface area (Å²) in [6.45, 7) is 1.97. The van der Waals surface area contributed by atoms with E-state index in [-0.39, 0.29) is 27.1 Å². The molecule has 0 saturated carbocycles. The highest BCUT2D eigenvalue weighted by molar-refractivity contribution is 7.92. The second kappa shape index (κ2) is 9.80. The second-order valence-electron chi connectivity index (χ2n) is 8.08. The molecule has 1 amide bonds. The van der Waals surface area contributed by atoms with Crippen LogP contribution < -0.4 is 10.0 Å². The molecular weight excluding hydrogens is 466 g/mol. The lowest BCUT2D eigenvalue weighted by Gasteiger charge is -2.16. The van der Waals surface area contributed by atoms with Gasteiger partial charge in [0.1, 0.15) is 0 Å². The van der Waals surface area contributed by atoms with Crippen molar-refractivity contribution in [3.63, 3.8) is 0 Å². The minimum atomic E-state index is -4.04. The van der Waals surface area contributed by atoms with Crippen LogP contribution >= 0.6 is 0 Å². The molecule has 33 heavy (non-hydrogen) atoms. The van der Waals surface area contributed by atoms with Crippen LogP contribution in [0.5, 0.6) is 0 Å². The van der Waals surface area contributed by atoms with Crippen molar-refractivity contribution in [2.75, 3.05) is 31.0 Å². The van der Waals surface area contributed by atoms with Gasteiger partial charge < -0.3 is 10.1 Å². The summed E-state index contributed by atoms with van der Waals surface area (Å²) in [5.74, 6) is -0.407. The number of rotatable bonds is 8.